The highest BCUT2D eigenvalue weighted by Crippen LogP contribution is 2.48. The highest BCUT2D eigenvalue weighted by molar-refractivity contribution is 5.98. The Balaban J connectivity index is 1.14. The minimum Gasteiger partial charge on any atom is -0.385 e. The summed E-state index contributed by atoms with van der Waals surface area (Å²) in [4.78, 5) is 42.5. The van der Waals surface area contributed by atoms with Crippen LogP contribution in [0, 0.1) is 5.41 Å². The summed E-state index contributed by atoms with van der Waals surface area (Å²) in [6.07, 6.45) is 7.65. The minimum atomic E-state index is -0.956. The maximum absolute atomic E-state index is 14.1. The van der Waals surface area contributed by atoms with E-state index in [9.17, 15) is 18.8 Å². The minimum absolute atomic E-state index is 0.0223. The Bertz CT molecular complexity index is 1540. The van der Waals surface area contributed by atoms with Crippen molar-refractivity contribution in [2.75, 3.05) is 18.4 Å². The molecule has 3 spiro atoms. The van der Waals surface area contributed by atoms with Gasteiger partial charge in [-0.25, -0.2) is 4.39 Å². The molecule has 5 aliphatic rings. The van der Waals surface area contributed by atoms with Crippen LogP contribution >= 0.6 is 0 Å². The average molecular weight is 556 g/mol. The quantitative estimate of drug-likeness (QED) is 0.463. The molecule has 3 amide bonds. The Morgan fingerprint density at radius 3 is 2.63 bits per heavy atom. The zero-order valence-corrected chi connectivity index (χ0v) is 22.9. The van der Waals surface area contributed by atoms with E-state index in [1.165, 1.54) is 11.6 Å². The number of nitrogens with two attached hydrogens (primary N) is 1. The zero-order valence-electron chi connectivity index (χ0n) is 22.9. The molecule has 1 saturated carbocycles. The molecule has 5 N–H and O–H groups in total. The smallest absolute Gasteiger partial charge is 0.244 e. The molecule has 9 heteroatoms. The molecule has 1 saturated heterocycles. The third-order valence-electron chi connectivity index (χ3n) is 10.2. The van der Waals surface area contributed by atoms with E-state index >= 15 is 0 Å². The van der Waals surface area contributed by atoms with E-state index in [0.29, 0.717) is 37.0 Å². The number of aryl methyl sites for hydroxylation is 1. The first-order valence-electron chi connectivity index (χ1n) is 14.5. The molecule has 212 valence electrons. The summed E-state index contributed by atoms with van der Waals surface area (Å²) >= 11 is 0. The van der Waals surface area contributed by atoms with Crippen LogP contribution in [0.5, 0.6) is 0 Å². The van der Waals surface area contributed by atoms with Crippen molar-refractivity contribution in [1.82, 2.24) is 15.5 Å². The van der Waals surface area contributed by atoms with Crippen LogP contribution in [0.4, 0.5) is 10.1 Å². The molecule has 0 unspecified atom stereocenters. The van der Waals surface area contributed by atoms with E-state index in [1.807, 2.05) is 35.2 Å². The van der Waals surface area contributed by atoms with Crippen LogP contribution in [0.2, 0.25) is 0 Å². The Morgan fingerprint density at radius 2 is 1.83 bits per heavy atom. The summed E-state index contributed by atoms with van der Waals surface area (Å²) in [5.41, 5.74) is 9.18. The largest absolute Gasteiger partial charge is 0.385 e. The van der Waals surface area contributed by atoms with Gasteiger partial charge in [-0.2, -0.15) is 0 Å². The predicted molar refractivity (Wildman–Crippen MR) is 152 cm³/mol. The molecule has 2 atom stereocenters. The lowest BCUT2D eigenvalue weighted by Crippen LogP contribution is -2.71. The van der Waals surface area contributed by atoms with E-state index in [1.54, 1.807) is 0 Å². The normalized spacial score (nSPS) is 27.9. The second kappa shape index (κ2) is 9.27. The molecular weight excluding hydrogens is 521 g/mol. The average Bonchev–Trinajstić information content (AvgIpc) is 3.72. The molecular formula is C32H34FN5O3. The first kappa shape index (κ1) is 26.0. The molecule has 3 aliphatic carbocycles. The van der Waals surface area contributed by atoms with Gasteiger partial charge in [0.25, 0.3) is 0 Å². The Kier molecular flexibility index (Phi) is 5.87. The highest BCUT2D eigenvalue weighted by atomic mass is 19.1. The van der Waals surface area contributed by atoms with Gasteiger partial charge in [-0.05, 0) is 79.0 Å². The third kappa shape index (κ3) is 3.78. The fourth-order valence-electron chi connectivity index (χ4n) is 8.11. The van der Waals surface area contributed by atoms with Gasteiger partial charge < -0.3 is 26.6 Å². The number of benzene rings is 2. The monoisotopic (exact) mass is 555 g/mol. The first-order valence-corrected chi connectivity index (χ1v) is 14.5. The molecule has 2 aromatic rings. The van der Waals surface area contributed by atoms with Gasteiger partial charge in [0, 0.05) is 17.8 Å². The van der Waals surface area contributed by atoms with Crippen LogP contribution in [0.3, 0.4) is 0 Å². The van der Waals surface area contributed by atoms with Gasteiger partial charge in [-0.15, -0.1) is 0 Å². The first-order chi connectivity index (χ1) is 19.8. The number of nitrogens with one attached hydrogen (secondary N) is 3. The number of allylic oxidation sites excluding steroid dienone is 1. The number of anilines is 1. The predicted octanol–water partition coefficient (Wildman–Crippen LogP) is 3.08. The SMILES string of the molecule is NC1=C(/C=C\F)[C@]2(Cc3ccc(NC(=O)CN4C(=O)C5(CCCC5)NC[C@@]45CCc4ccccc45)cc3C2)C(=O)N1. The fraction of sp³-hybridized carbons (Fsp3) is 0.406. The number of piperazine rings is 1. The summed E-state index contributed by atoms with van der Waals surface area (Å²) in [6, 6.07) is 13.8. The summed E-state index contributed by atoms with van der Waals surface area (Å²) in [6.45, 7) is 0.600. The van der Waals surface area contributed by atoms with Gasteiger partial charge in [0.15, 0.2) is 0 Å². The number of halogens is 1. The third-order valence-corrected chi connectivity index (χ3v) is 10.2. The molecule has 0 radical (unpaired) electrons. The molecule has 2 heterocycles. The van der Waals surface area contributed by atoms with E-state index < -0.39 is 16.5 Å². The zero-order chi connectivity index (χ0) is 28.4. The van der Waals surface area contributed by atoms with Crippen LogP contribution in [0.1, 0.15) is 54.4 Å². The number of carbonyl (C=O) groups excluding carboxylic acids is 3. The van der Waals surface area contributed by atoms with Crippen LogP contribution in [0.15, 0.2) is 66.3 Å². The molecule has 7 rings (SSSR count). The van der Waals surface area contributed by atoms with Crippen molar-refractivity contribution in [2.24, 2.45) is 11.1 Å². The number of hydrogen-bond donors (Lipinski definition) is 4. The standard InChI is InChI=1S/C32H34FN5O3/c33-14-10-25-27(34)37-28(40)30(25)16-21-7-8-23(15-22(21)17-30)36-26(39)18-38-29(41)31(11-3-4-12-31)35-19-32(38)13-9-20-5-1-2-6-24(20)32/h1-2,5-8,10,14-15,35H,3-4,9,11-13,16-19,34H2,(H,36,39)(H,37,40)/b14-10-/t30-,32-/m1/s1. The lowest BCUT2D eigenvalue weighted by atomic mass is 9.78. The van der Waals surface area contributed by atoms with Crippen LogP contribution < -0.4 is 21.7 Å². The van der Waals surface area contributed by atoms with Crippen molar-refractivity contribution in [3.8, 4) is 0 Å². The second-order valence-electron chi connectivity index (χ2n) is 12.3. The highest BCUT2D eigenvalue weighted by Gasteiger charge is 2.57. The van der Waals surface area contributed by atoms with E-state index in [0.717, 1.165) is 55.2 Å². The van der Waals surface area contributed by atoms with Crippen molar-refractivity contribution in [1.29, 1.82) is 0 Å². The molecule has 0 aromatic heterocycles. The number of amides is 3. The maximum atomic E-state index is 14.1. The van der Waals surface area contributed by atoms with Gasteiger partial charge in [0.2, 0.25) is 17.7 Å². The summed E-state index contributed by atoms with van der Waals surface area (Å²) in [5.74, 6) is -0.304. The lowest BCUT2D eigenvalue weighted by molar-refractivity contribution is -0.154. The van der Waals surface area contributed by atoms with Gasteiger partial charge in [0.1, 0.15) is 12.4 Å². The van der Waals surface area contributed by atoms with Crippen molar-refractivity contribution in [2.45, 2.75) is 62.4 Å². The van der Waals surface area contributed by atoms with Crippen LogP contribution in [-0.2, 0) is 39.2 Å². The van der Waals surface area contributed by atoms with E-state index in [4.69, 9.17) is 5.73 Å². The van der Waals surface area contributed by atoms with E-state index in [-0.39, 0.29) is 30.1 Å². The number of rotatable bonds is 4. The van der Waals surface area contributed by atoms with Crippen LogP contribution in [-0.4, -0.2) is 41.2 Å². The Labute approximate surface area is 238 Å². The molecule has 0 bridgehead atoms. The molecule has 8 nitrogen and oxygen atoms in total. The van der Waals surface area contributed by atoms with E-state index in [2.05, 4.69) is 28.1 Å². The molecule has 2 fully saturated rings. The van der Waals surface area contributed by atoms with Gasteiger partial charge in [0.05, 0.1) is 22.8 Å². The molecule has 2 aromatic carbocycles. The lowest BCUT2D eigenvalue weighted by Gasteiger charge is -2.52. The van der Waals surface area contributed by atoms with Crippen molar-refractivity contribution in [3.05, 3.63) is 88.5 Å². The summed E-state index contributed by atoms with van der Waals surface area (Å²) in [5, 5.41) is 9.32. The van der Waals surface area contributed by atoms with Gasteiger partial charge >= 0.3 is 0 Å². The van der Waals surface area contributed by atoms with Crippen LogP contribution in [0.25, 0.3) is 0 Å². The number of carbonyl (C=O) groups is 3. The maximum Gasteiger partial charge on any atom is 0.244 e. The Hall–Kier alpha value is -3.98. The molecule has 41 heavy (non-hydrogen) atoms. The van der Waals surface area contributed by atoms with Crippen molar-refractivity contribution < 1.29 is 18.8 Å². The van der Waals surface area contributed by atoms with Gasteiger partial charge in [-0.3, -0.25) is 14.4 Å². The number of hydrogen-bond acceptors (Lipinski definition) is 5. The number of nitrogens with zero attached hydrogens (tertiary/aromatic N) is 1. The molecule has 2 aliphatic heterocycles. The van der Waals surface area contributed by atoms with Gasteiger partial charge in [-0.1, -0.05) is 43.2 Å². The number of fused-ring (bicyclic) bond motifs is 3. The second-order valence-corrected chi connectivity index (χ2v) is 12.3. The Morgan fingerprint density at radius 1 is 1.05 bits per heavy atom. The van der Waals surface area contributed by atoms with Crippen molar-refractivity contribution in [3.63, 3.8) is 0 Å². The summed E-state index contributed by atoms with van der Waals surface area (Å²) in [7, 11) is 0. The summed E-state index contributed by atoms with van der Waals surface area (Å²) < 4.78 is 13.1. The topological polar surface area (TPSA) is 117 Å². The fourth-order valence-corrected chi connectivity index (χ4v) is 8.11. The van der Waals surface area contributed by atoms with Crippen molar-refractivity contribution >= 4 is 23.4 Å².